The minimum Gasteiger partial charge on any atom is -0.399 e. The van der Waals surface area contributed by atoms with Crippen LogP contribution in [-0.4, -0.2) is 37.0 Å². The van der Waals surface area contributed by atoms with Crippen LogP contribution in [0.3, 0.4) is 0 Å². The van der Waals surface area contributed by atoms with Crippen molar-refractivity contribution in [3.63, 3.8) is 0 Å². The molecule has 1 aromatic carbocycles. The van der Waals surface area contributed by atoms with E-state index in [0.717, 1.165) is 25.1 Å². The van der Waals surface area contributed by atoms with Crippen LogP contribution >= 0.6 is 0 Å². The van der Waals surface area contributed by atoms with E-state index in [1.807, 2.05) is 31.2 Å². The Morgan fingerprint density at radius 1 is 1.33 bits per heavy atom. The van der Waals surface area contributed by atoms with Crippen LogP contribution in [0.25, 0.3) is 0 Å². The van der Waals surface area contributed by atoms with Gasteiger partial charge in [-0.15, -0.1) is 0 Å². The molecular weight excluding hydrogens is 262 g/mol. The van der Waals surface area contributed by atoms with E-state index in [0.29, 0.717) is 5.69 Å². The summed E-state index contributed by atoms with van der Waals surface area (Å²) in [6.45, 7) is 6.20. The summed E-state index contributed by atoms with van der Waals surface area (Å²) in [4.78, 5) is 14.6. The summed E-state index contributed by atoms with van der Waals surface area (Å²) in [5.41, 5.74) is 7.44. The third-order valence-corrected chi connectivity index (χ3v) is 4.20. The molecule has 2 rings (SSSR count). The highest BCUT2D eigenvalue weighted by Crippen LogP contribution is 2.17. The maximum Gasteiger partial charge on any atom is 0.227 e. The van der Waals surface area contributed by atoms with E-state index in [2.05, 4.69) is 10.2 Å². The monoisotopic (exact) mass is 289 g/mol. The molecule has 3 N–H and O–H groups in total. The Morgan fingerprint density at radius 2 is 2.10 bits per heavy atom. The Hall–Kier alpha value is -1.55. The number of carbonyl (C=O) groups excluding carboxylic acids is 1. The fourth-order valence-corrected chi connectivity index (χ4v) is 2.83. The Morgan fingerprint density at radius 3 is 2.81 bits per heavy atom. The van der Waals surface area contributed by atoms with Crippen LogP contribution in [0.5, 0.6) is 0 Å². The van der Waals surface area contributed by atoms with Gasteiger partial charge in [-0.25, -0.2) is 0 Å². The predicted octanol–water partition coefficient (Wildman–Crippen LogP) is 2.36. The number of nitrogens with two attached hydrogens (primary N) is 1. The quantitative estimate of drug-likeness (QED) is 0.624. The Labute approximate surface area is 127 Å². The van der Waals surface area contributed by atoms with Gasteiger partial charge < -0.3 is 16.0 Å². The highest BCUT2D eigenvalue weighted by atomic mass is 16.1. The van der Waals surface area contributed by atoms with Crippen LogP contribution in [0.1, 0.15) is 44.1 Å². The van der Waals surface area contributed by atoms with Crippen molar-refractivity contribution < 1.29 is 4.79 Å². The molecule has 1 aliphatic heterocycles. The average molecular weight is 289 g/mol. The van der Waals surface area contributed by atoms with Gasteiger partial charge in [0.1, 0.15) is 0 Å². The third kappa shape index (κ3) is 5.05. The van der Waals surface area contributed by atoms with Gasteiger partial charge in [0.2, 0.25) is 5.91 Å². The lowest BCUT2D eigenvalue weighted by molar-refractivity contribution is -0.122. The molecule has 0 radical (unpaired) electrons. The van der Waals surface area contributed by atoms with E-state index >= 15 is 0 Å². The molecule has 116 valence electrons. The van der Waals surface area contributed by atoms with E-state index < -0.39 is 0 Å². The highest BCUT2D eigenvalue weighted by Gasteiger charge is 2.15. The lowest BCUT2D eigenvalue weighted by atomic mass is 10.00. The molecule has 1 heterocycles. The van der Waals surface area contributed by atoms with Gasteiger partial charge in [-0.2, -0.15) is 0 Å². The summed E-state index contributed by atoms with van der Waals surface area (Å²) < 4.78 is 0. The molecule has 1 atom stereocenters. The van der Waals surface area contributed by atoms with E-state index in [1.165, 1.54) is 32.4 Å². The highest BCUT2D eigenvalue weighted by molar-refractivity contribution is 5.83. The van der Waals surface area contributed by atoms with Crippen molar-refractivity contribution in [1.29, 1.82) is 0 Å². The summed E-state index contributed by atoms with van der Waals surface area (Å²) >= 11 is 0. The maximum atomic E-state index is 12.1. The van der Waals surface area contributed by atoms with Gasteiger partial charge in [-0.3, -0.25) is 4.79 Å². The van der Waals surface area contributed by atoms with Gasteiger partial charge >= 0.3 is 0 Å². The van der Waals surface area contributed by atoms with Crippen molar-refractivity contribution in [2.24, 2.45) is 0 Å². The molecule has 1 fully saturated rings. The minimum atomic E-state index is -0.150. The molecule has 0 bridgehead atoms. The van der Waals surface area contributed by atoms with Crippen molar-refractivity contribution in [1.82, 2.24) is 10.2 Å². The summed E-state index contributed by atoms with van der Waals surface area (Å²) in [6.07, 6.45) is 5.03. The second kappa shape index (κ2) is 8.03. The fourth-order valence-electron chi connectivity index (χ4n) is 2.83. The summed E-state index contributed by atoms with van der Waals surface area (Å²) in [7, 11) is 0. The molecule has 0 spiro atoms. The number of nitrogens with one attached hydrogen (secondary N) is 1. The predicted molar refractivity (Wildman–Crippen MR) is 87.2 cm³/mol. The minimum absolute atomic E-state index is 0.0826. The van der Waals surface area contributed by atoms with Crippen LogP contribution in [0, 0.1) is 0 Å². The third-order valence-electron chi connectivity index (χ3n) is 4.20. The smallest absolute Gasteiger partial charge is 0.227 e. The van der Waals surface area contributed by atoms with Gasteiger partial charge in [0.05, 0.1) is 5.92 Å². The number of nitrogen functional groups attached to an aromatic ring is 1. The zero-order valence-corrected chi connectivity index (χ0v) is 13.0. The zero-order chi connectivity index (χ0) is 15.1. The molecule has 21 heavy (non-hydrogen) atoms. The molecule has 1 amide bonds. The topological polar surface area (TPSA) is 58.4 Å². The molecular formula is C17H27N3O. The molecule has 0 aromatic heterocycles. The van der Waals surface area contributed by atoms with Crippen molar-refractivity contribution in [2.75, 3.05) is 31.9 Å². The molecule has 1 aliphatic rings. The summed E-state index contributed by atoms with van der Waals surface area (Å²) in [6, 6.07) is 7.56. The number of nitrogens with zero attached hydrogens (tertiary/aromatic N) is 1. The zero-order valence-electron chi connectivity index (χ0n) is 13.0. The SMILES string of the molecule is CC(C(=O)NCCCN1CCCCC1)c1cccc(N)c1. The molecule has 1 aromatic rings. The number of likely N-dealkylation sites (tertiary alicyclic amines) is 1. The van der Waals surface area contributed by atoms with Gasteiger partial charge in [0, 0.05) is 12.2 Å². The molecule has 1 saturated heterocycles. The van der Waals surface area contributed by atoms with Crippen LogP contribution < -0.4 is 11.1 Å². The maximum absolute atomic E-state index is 12.1. The van der Waals surface area contributed by atoms with E-state index in [1.54, 1.807) is 0 Å². The first-order valence-corrected chi connectivity index (χ1v) is 8.02. The number of benzene rings is 1. The second-order valence-corrected chi connectivity index (χ2v) is 5.94. The van der Waals surface area contributed by atoms with Crippen molar-refractivity contribution in [3.05, 3.63) is 29.8 Å². The Balaban J connectivity index is 1.69. The Bertz CT molecular complexity index is 455. The lowest BCUT2D eigenvalue weighted by Crippen LogP contribution is -2.34. The van der Waals surface area contributed by atoms with Gasteiger partial charge in [-0.1, -0.05) is 18.6 Å². The number of hydrogen-bond acceptors (Lipinski definition) is 3. The second-order valence-electron chi connectivity index (χ2n) is 5.94. The van der Waals surface area contributed by atoms with Crippen molar-refractivity contribution >= 4 is 11.6 Å². The van der Waals surface area contributed by atoms with Crippen LogP contribution in [0.2, 0.25) is 0 Å². The first kappa shape index (κ1) is 15.8. The van der Waals surface area contributed by atoms with Crippen molar-refractivity contribution in [2.45, 2.75) is 38.5 Å². The lowest BCUT2D eigenvalue weighted by Gasteiger charge is -2.26. The largest absolute Gasteiger partial charge is 0.399 e. The summed E-state index contributed by atoms with van der Waals surface area (Å²) in [5.74, 6) is -0.0669. The fraction of sp³-hybridized carbons (Fsp3) is 0.588. The average Bonchev–Trinajstić information content (AvgIpc) is 2.51. The van der Waals surface area contributed by atoms with Crippen LogP contribution in [0.4, 0.5) is 5.69 Å². The molecule has 4 nitrogen and oxygen atoms in total. The number of carbonyl (C=O) groups is 1. The number of anilines is 1. The van der Waals surface area contributed by atoms with E-state index in [9.17, 15) is 4.79 Å². The number of piperidine rings is 1. The first-order chi connectivity index (χ1) is 10.2. The standard InChI is InChI=1S/C17H27N3O/c1-14(15-7-5-8-16(18)13-15)17(21)19-9-6-12-20-10-3-2-4-11-20/h5,7-8,13-14H,2-4,6,9-12,18H2,1H3,(H,19,21). The van der Waals surface area contributed by atoms with Crippen LogP contribution in [-0.2, 0) is 4.79 Å². The number of rotatable bonds is 6. The van der Waals surface area contributed by atoms with Crippen molar-refractivity contribution in [3.8, 4) is 0 Å². The van der Waals surface area contributed by atoms with E-state index in [-0.39, 0.29) is 11.8 Å². The van der Waals surface area contributed by atoms with E-state index in [4.69, 9.17) is 5.73 Å². The normalized spacial score (nSPS) is 17.4. The van der Waals surface area contributed by atoms with Crippen LogP contribution in [0.15, 0.2) is 24.3 Å². The Kier molecular flexibility index (Phi) is 6.05. The number of hydrogen-bond donors (Lipinski definition) is 2. The number of amides is 1. The summed E-state index contributed by atoms with van der Waals surface area (Å²) in [5, 5.41) is 3.03. The van der Waals surface area contributed by atoms with Gasteiger partial charge in [0.25, 0.3) is 0 Å². The molecule has 0 saturated carbocycles. The first-order valence-electron chi connectivity index (χ1n) is 8.02. The molecule has 4 heteroatoms. The molecule has 0 aliphatic carbocycles. The van der Waals surface area contributed by atoms with Gasteiger partial charge in [0.15, 0.2) is 0 Å². The van der Waals surface area contributed by atoms with Gasteiger partial charge in [-0.05, 0) is 63.5 Å². The molecule has 1 unspecified atom stereocenters.